The molecule has 1 amide bonds. The van der Waals surface area contributed by atoms with Gasteiger partial charge in [-0.25, -0.2) is 13.2 Å². The summed E-state index contributed by atoms with van der Waals surface area (Å²) in [6.45, 7) is 1.61. The number of methoxy groups -OCH3 is 1. The number of β-amino-alcohol motifs (C(OH)–C–C–N with tert-alkyl or cyclic N) is 1. The van der Waals surface area contributed by atoms with Crippen LogP contribution in [0.5, 0.6) is 0 Å². The minimum atomic E-state index is -3.47. The number of aliphatic hydroxyl groups excluding tert-OH is 1. The van der Waals surface area contributed by atoms with Crippen LogP contribution in [0.15, 0.2) is 29.5 Å². The number of esters is 1. The lowest BCUT2D eigenvalue weighted by Crippen LogP contribution is -2.31. The number of anilines is 2. The second-order valence-electron chi connectivity index (χ2n) is 5.82. The molecule has 0 saturated carbocycles. The standard InChI is InChI=1S/C16H21N3O6S/c1-10-4-5-11(8-13(10)18-26(3,23)24)17-14-12(16(22)25-2)9-19(6-7-20)15(14)21/h4-5,8,17-18,20H,6-7,9H2,1-3H3. The number of nitrogens with zero attached hydrogens (tertiary/aromatic N) is 1. The van der Waals surface area contributed by atoms with E-state index in [0.29, 0.717) is 16.9 Å². The summed E-state index contributed by atoms with van der Waals surface area (Å²) in [7, 11) is -2.25. The average molecular weight is 383 g/mol. The number of aliphatic hydroxyl groups is 1. The van der Waals surface area contributed by atoms with Gasteiger partial charge in [0.05, 0.1) is 37.8 Å². The molecule has 0 aliphatic carbocycles. The quantitative estimate of drug-likeness (QED) is 0.568. The first kappa shape index (κ1) is 19.7. The van der Waals surface area contributed by atoms with Crippen LogP contribution in [0.1, 0.15) is 5.56 Å². The lowest BCUT2D eigenvalue weighted by atomic mass is 10.1. The van der Waals surface area contributed by atoms with Gasteiger partial charge < -0.3 is 20.1 Å². The number of hydrogen-bond donors (Lipinski definition) is 3. The zero-order valence-electron chi connectivity index (χ0n) is 14.7. The van der Waals surface area contributed by atoms with Crippen molar-refractivity contribution in [3.8, 4) is 0 Å². The number of carbonyl (C=O) groups excluding carboxylic acids is 2. The normalized spacial score (nSPS) is 14.6. The largest absolute Gasteiger partial charge is 0.466 e. The van der Waals surface area contributed by atoms with Crippen molar-refractivity contribution < 1.29 is 27.9 Å². The highest BCUT2D eigenvalue weighted by atomic mass is 32.2. The van der Waals surface area contributed by atoms with Crippen molar-refractivity contribution in [3.05, 3.63) is 35.0 Å². The number of rotatable bonds is 7. The molecule has 0 fully saturated rings. The summed E-state index contributed by atoms with van der Waals surface area (Å²) in [5.41, 5.74) is 1.67. The predicted molar refractivity (Wildman–Crippen MR) is 96.0 cm³/mol. The first-order chi connectivity index (χ1) is 12.2. The molecule has 1 heterocycles. The highest BCUT2D eigenvalue weighted by molar-refractivity contribution is 7.92. The van der Waals surface area contributed by atoms with Crippen molar-refractivity contribution in [2.75, 3.05) is 43.1 Å². The number of sulfonamides is 1. The molecule has 142 valence electrons. The van der Waals surface area contributed by atoms with Crippen molar-refractivity contribution >= 4 is 33.3 Å². The van der Waals surface area contributed by atoms with E-state index in [9.17, 15) is 18.0 Å². The van der Waals surface area contributed by atoms with Gasteiger partial charge in [0, 0.05) is 12.2 Å². The molecule has 2 rings (SSSR count). The third-order valence-electron chi connectivity index (χ3n) is 3.76. The second-order valence-corrected chi connectivity index (χ2v) is 7.57. The summed E-state index contributed by atoms with van der Waals surface area (Å²) < 4.78 is 30.1. The number of amides is 1. The van der Waals surface area contributed by atoms with Crippen LogP contribution in [0.25, 0.3) is 0 Å². The lowest BCUT2D eigenvalue weighted by molar-refractivity contribution is -0.136. The fourth-order valence-corrected chi connectivity index (χ4v) is 3.12. The van der Waals surface area contributed by atoms with E-state index in [4.69, 9.17) is 9.84 Å². The molecule has 0 saturated heterocycles. The van der Waals surface area contributed by atoms with Crippen LogP contribution in [0.4, 0.5) is 11.4 Å². The van der Waals surface area contributed by atoms with Gasteiger partial charge in [-0.2, -0.15) is 0 Å². The molecule has 0 unspecified atom stereocenters. The molecule has 10 heteroatoms. The van der Waals surface area contributed by atoms with Crippen molar-refractivity contribution in [1.29, 1.82) is 0 Å². The zero-order valence-corrected chi connectivity index (χ0v) is 15.5. The number of carbonyl (C=O) groups is 2. The van der Waals surface area contributed by atoms with Gasteiger partial charge in [-0.15, -0.1) is 0 Å². The molecule has 1 aromatic carbocycles. The maximum absolute atomic E-state index is 12.5. The Morgan fingerprint density at radius 2 is 2.08 bits per heavy atom. The van der Waals surface area contributed by atoms with E-state index in [1.165, 1.54) is 18.1 Å². The molecule has 0 atom stereocenters. The number of ether oxygens (including phenoxy) is 1. The zero-order chi connectivity index (χ0) is 19.5. The smallest absolute Gasteiger partial charge is 0.337 e. The fourth-order valence-electron chi connectivity index (χ4n) is 2.50. The predicted octanol–water partition coefficient (Wildman–Crippen LogP) is 0.0400. The van der Waals surface area contributed by atoms with Gasteiger partial charge in [-0.05, 0) is 24.6 Å². The minimum Gasteiger partial charge on any atom is -0.466 e. The van der Waals surface area contributed by atoms with Crippen molar-refractivity contribution in [1.82, 2.24) is 4.90 Å². The summed E-state index contributed by atoms with van der Waals surface area (Å²) >= 11 is 0. The Morgan fingerprint density at radius 1 is 1.38 bits per heavy atom. The van der Waals surface area contributed by atoms with Crippen molar-refractivity contribution in [3.63, 3.8) is 0 Å². The first-order valence-corrected chi connectivity index (χ1v) is 9.62. The lowest BCUT2D eigenvalue weighted by Gasteiger charge is -2.15. The van der Waals surface area contributed by atoms with Crippen LogP contribution < -0.4 is 10.0 Å². The van der Waals surface area contributed by atoms with Gasteiger partial charge in [-0.1, -0.05) is 6.07 Å². The Labute approximate surface area is 151 Å². The second kappa shape index (κ2) is 7.75. The fraction of sp³-hybridized carbons (Fsp3) is 0.375. The van der Waals surface area contributed by atoms with E-state index in [1.807, 2.05) is 0 Å². The van der Waals surface area contributed by atoms with E-state index in [-0.39, 0.29) is 31.0 Å². The Hall–Kier alpha value is -2.59. The van der Waals surface area contributed by atoms with Crippen molar-refractivity contribution in [2.24, 2.45) is 0 Å². The van der Waals surface area contributed by atoms with Gasteiger partial charge in [0.2, 0.25) is 10.0 Å². The Balaban J connectivity index is 2.36. The molecule has 1 aromatic rings. The van der Waals surface area contributed by atoms with Gasteiger partial charge >= 0.3 is 5.97 Å². The van der Waals surface area contributed by atoms with Gasteiger partial charge in [0.1, 0.15) is 5.70 Å². The van der Waals surface area contributed by atoms with Crippen LogP contribution in [0.2, 0.25) is 0 Å². The summed E-state index contributed by atoms with van der Waals surface area (Å²) in [6.07, 6.45) is 1.04. The maximum atomic E-state index is 12.5. The summed E-state index contributed by atoms with van der Waals surface area (Å²) in [4.78, 5) is 25.8. The van der Waals surface area contributed by atoms with Crippen LogP contribution >= 0.6 is 0 Å². The third kappa shape index (κ3) is 4.52. The van der Waals surface area contributed by atoms with Crippen LogP contribution in [0, 0.1) is 6.92 Å². The van der Waals surface area contributed by atoms with E-state index in [2.05, 4.69) is 10.0 Å². The number of hydrogen-bond acceptors (Lipinski definition) is 7. The molecule has 26 heavy (non-hydrogen) atoms. The highest BCUT2D eigenvalue weighted by Crippen LogP contribution is 2.26. The highest BCUT2D eigenvalue weighted by Gasteiger charge is 2.34. The van der Waals surface area contributed by atoms with E-state index < -0.39 is 21.9 Å². The molecular weight excluding hydrogens is 362 g/mol. The molecule has 0 aromatic heterocycles. The molecular formula is C16H21N3O6S. The number of nitrogens with one attached hydrogen (secondary N) is 2. The van der Waals surface area contributed by atoms with E-state index >= 15 is 0 Å². The van der Waals surface area contributed by atoms with Crippen molar-refractivity contribution in [2.45, 2.75) is 6.92 Å². The molecule has 9 nitrogen and oxygen atoms in total. The van der Waals surface area contributed by atoms with Gasteiger partial charge in [-0.3, -0.25) is 9.52 Å². The third-order valence-corrected chi connectivity index (χ3v) is 4.35. The number of benzene rings is 1. The van der Waals surface area contributed by atoms with E-state index in [0.717, 1.165) is 6.26 Å². The minimum absolute atomic E-state index is 0.0225. The topological polar surface area (TPSA) is 125 Å². The summed E-state index contributed by atoms with van der Waals surface area (Å²) in [5.74, 6) is -1.10. The molecule has 3 N–H and O–H groups in total. The summed E-state index contributed by atoms with van der Waals surface area (Å²) in [6, 6.07) is 4.87. The molecule has 0 spiro atoms. The molecule has 1 aliphatic heterocycles. The molecule has 0 bridgehead atoms. The summed E-state index contributed by atoms with van der Waals surface area (Å²) in [5, 5.41) is 11.9. The SMILES string of the molecule is COC(=O)C1=C(Nc2ccc(C)c(NS(C)(=O)=O)c2)C(=O)N(CCO)C1. The maximum Gasteiger partial charge on any atom is 0.337 e. The van der Waals surface area contributed by atoms with Gasteiger partial charge in [0.25, 0.3) is 5.91 Å². The Kier molecular flexibility index (Phi) is 5.88. The average Bonchev–Trinajstić information content (AvgIpc) is 2.86. The monoisotopic (exact) mass is 383 g/mol. The van der Waals surface area contributed by atoms with Crippen LogP contribution in [0.3, 0.4) is 0 Å². The van der Waals surface area contributed by atoms with E-state index in [1.54, 1.807) is 19.1 Å². The molecule has 1 aliphatic rings. The van der Waals surface area contributed by atoms with Crippen LogP contribution in [-0.2, 0) is 24.3 Å². The Morgan fingerprint density at radius 3 is 2.65 bits per heavy atom. The van der Waals surface area contributed by atoms with Crippen LogP contribution in [-0.4, -0.2) is 63.4 Å². The number of aryl methyl sites for hydroxylation is 1. The first-order valence-electron chi connectivity index (χ1n) is 7.73. The molecule has 0 radical (unpaired) electrons. The Bertz CT molecular complexity index is 863. The van der Waals surface area contributed by atoms with Gasteiger partial charge in [0.15, 0.2) is 0 Å².